The first-order valence-electron chi connectivity index (χ1n) is 8.60. The van der Waals surface area contributed by atoms with Crippen LogP contribution >= 0.6 is 11.8 Å². The average molecular weight is 384 g/mol. The van der Waals surface area contributed by atoms with Crippen LogP contribution in [0.3, 0.4) is 0 Å². The number of para-hydroxylation sites is 1. The molecule has 2 amide bonds. The Morgan fingerprint density at radius 2 is 1.96 bits per heavy atom. The highest BCUT2D eigenvalue weighted by atomic mass is 32.2. The SMILES string of the molecule is CCOC(=O)C(C)N1C(=O)S/C(=C\c2cc(C)n(-c3ccccc3)c2)C1=O. The number of rotatable bonds is 5. The zero-order chi connectivity index (χ0) is 19.6. The Bertz CT molecular complexity index is 917. The van der Waals surface area contributed by atoms with E-state index >= 15 is 0 Å². The number of carbonyl (C=O) groups excluding carboxylic acids is 3. The highest BCUT2D eigenvalue weighted by Crippen LogP contribution is 2.34. The summed E-state index contributed by atoms with van der Waals surface area (Å²) in [7, 11) is 0. The van der Waals surface area contributed by atoms with Crippen LogP contribution in [0, 0.1) is 6.92 Å². The zero-order valence-electron chi connectivity index (χ0n) is 15.3. The lowest BCUT2D eigenvalue weighted by molar-refractivity contribution is -0.150. The summed E-state index contributed by atoms with van der Waals surface area (Å²) in [5.74, 6) is -1.07. The Morgan fingerprint density at radius 3 is 2.63 bits per heavy atom. The van der Waals surface area contributed by atoms with Gasteiger partial charge in [-0.15, -0.1) is 0 Å². The number of benzene rings is 1. The summed E-state index contributed by atoms with van der Waals surface area (Å²) in [6, 6.07) is 10.8. The number of hydrogen-bond donors (Lipinski definition) is 0. The Hall–Kier alpha value is -2.80. The molecule has 1 atom stereocenters. The van der Waals surface area contributed by atoms with Gasteiger partial charge in [0.2, 0.25) is 0 Å². The molecule has 0 saturated carbocycles. The van der Waals surface area contributed by atoms with Crippen molar-refractivity contribution in [3.05, 3.63) is 58.8 Å². The second kappa shape index (κ2) is 7.84. The summed E-state index contributed by atoms with van der Waals surface area (Å²) in [5, 5.41) is -0.467. The number of imide groups is 1. The zero-order valence-corrected chi connectivity index (χ0v) is 16.2. The lowest BCUT2D eigenvalue weighted by Crippen LogP contribution is -2.42. The van der Waals surface area contributed by atoms with Crippen LogP contribution in [0.4, 0.5) is 4.79 Å². The third kappa shape index (κ3) is 3.83. The fourth-order valence-corrected chi connectivity index (χ4v) is 3.79. The molecule has 0 radical (unpaired) electrons. The largest absolute Gasteiger partial charge is 0.464 e. The number of nitrogens with zero attached hydrogens (tertiary/aromatic N) is 2. The standard InChI is InChI=1S/C20H20N2O4S/c1-4-26-19(24)14(3)22-18(23)17(27-20(22)25)11-15-10-13(2)21(12-15)16-8-6-5-7-9-16/h5-12,14H,4H2,1-3H3/b17-11-. The molecular formula is C20H20N2O4S. The first-order chi connectivity index (χ1) is 12.9. The summed E-state index contributed by atoms with van der Waals surface area (Å²) in [4.78, 5) is 38.0. The molecule has 1 aliphatic heterocycles. The molecule has 0 aliphatic carbocycles. The second-order valence-electron chi connectivity index (χ2n) is 6.10. The molecular weight excluding hydrogens is 364 g/mol. The van der Waals surface area contributed by atoms with Crippen LogP contribution in [0.25, 0.3) is 11.8 Å². The summed E-state index contributed by atoms with van der Waals surface area (Å²) in [6.07, 6.45) is 3.59. The molecule has 27 heavy (non-hydrogen) atoms. The van der Waals surface area contributed by atoms with Crippen LogP contribution in [0.2, 0.25) is 0 Å². The van der Waals surface area contributed by atoms with E-state index in [0.29, 0.717) is 4.91 Å². The summed E-state index contributed by atoms with van der Waals surface area (Å²) >= 11 is 0.833. The minimum Gasteiger partial charge on any atom is -0.464 e. The van der Waals surface area contributed by atoms with E-state index in [2.05, 4.69) is 0 Å². The first kappa shape index (κ1) is 19.0. The quantitative estimate of drug-likeness (QED) is 0.580. The number of aromatic nitrogens is 1. The number of esters is 1. The number of carbonyl (C=O) groups is 3. The van der Waals surface area contributed by atoms with Crippen LogP contribution < -0.4 is 0 Å². The molecule has 3 rings (SSSR count). The van der Waals surface area contributed by atoms with E-state index in [1.807, 2.05) is 54.1 Å². The van der Waals surface area contributed by atoms with Crippen molar-refractivity contribution in [3.63, 3.8) is 0 Å². The highest BCUT2D eigenvalue weighted by molar-refractivity contribution is 8.18. The maximum atomic E-state index is 12.6. The van der Waals surface area contributed by atoms with Crippen LogP contribution in [0.5, 0.6) is 0 Å². The molecule has 2 heterocycles. The van der Waals surface area contributed by atoms with Gasteiger partial charge in [-0.2, -0.15) is 0 Å². The van der Waals surface area contributed by atoms with Crippen LogP contribution in [-0.2, 0) is 14.3 Å². The summed E-state index contributed by atoms with van der Waals surface area (Å²) < 4.78 is 6.93. The Balaban J connectivity index is 1.85. The highest BCUT2D eigenvalue weighted by Gasteiger charge is 2.41. The van der Waals surface area contributed by atoms with Crippen LogP contribution in [0.15, 0.2) is 47.5 Å². The van der Waals surface area contributed by atoms with Gasteiger partial charge in [0.25, 0.3) is 11.1 Å². The first-order valence-corrected chi connectivity index (χ1v) is 9.42. The van der Waals surface area contributed by atoms with Gasteiger partial charge in [0.05, 0.1) is 11.5 Å². The van der Waals surface area contributed by atoms with Crippen molar-refractivity contribution in [3.8, 4) is 5.69 Å². The Labute approximate surface area is 161 Å². The van der Waals surface area contributed by atoms with E-state index in [1.165, 1.54) is 6.92 Å². The second-order valence-corrected chi connectivity index (χ2v) is 7.09. The molecule has 1 aromatic carbocycles. The van der Waals surface area contributed by atoms with Gasteiger partial charge in [-0.3, -0.25) is 14.5 Å². The fraction of sp³-hybridized carbons (Fsp3) is 0.250. The van der Waals surface area contributed by atoms with Gasteiger partial charge in [0.1, 0.15) is 6.04 Å². The number of thioether (sulfide) groups is 1. The molecule has 1 saturated heterocycles. The van der Waals surface area contributed by atoms with Gasteiger partial charge in [-0.1, -0.05) is 18.2 Å². The molecule has 6 nitrogen and oxygen atoms in total. The smallest absolute Gasteiger partial charge is 0.329 e. The minimum atomic E-state index is -0.945. The number of amides is 2. The van der Waals surface area contributed by atoms with Crippen molar-refractivity contribution in [2.75, 3.05) is 6.61 Å². The molecule has 1 aliphatic rings. The summed E-state index contributed by atoms with van der Waals surface area (Å²) in [5.41, 5.74) is 2.83. The van der Waals surface area contributed by atoms with E-state index in [1.54, 1.807) is 13.0 Å². The van der Waals surface area contributed by atoms with Crippen LogP contribution in [-0.4, -0.2) is 39.2 Å². The molecule has 1 aromatic heterocycles. The van der Waals surface area contributed by atoms with Gasteiger partial charge in [0.15, 0.2) is 0 Å². The molecule has 2 aromatic rings. The predicted molar refractivity (Wildman–Crippen MR) is 104 cm³/mol. The van der Waals surface area contributed by atoms with E-state index < -0.39 is 23.2 Å². The normalized spacial score (nSPS) is 16.9. The lowest BCUT2D eigenvalue weighted by Gasteiger charge is -2.19. The van der Waals surface area contributed by atoms with Crippen molar-refractivity contribution in [1.82, 2.24) is 9.47 Å². The minimum absolute atomic E-state index is 0.196. The lowest BCUT2D eigenvalue weighted by atomic mass is 10.2. The topological polar surface area (TPSA) is 68.6 Å². The van der Waals surface area contributed by atoms with Crippen molar-refractivity contribution in [2.45, 2.75) is 26.8 Å². The predicted octanol–water partition coefficient (Wildman–Crippen LogP) is 3.77. The van der Waals surface area contributed by atoms with E-state index in [9.17, 15) is 14.4 Å². The molecule has 0 spiro atoms. The van der Waals surface area contributed by atoms with Gasteiger partial charge < -0.3 is 9.30 Å². The summed E-state index contributed by atoms with van der Waals surface area (Å²) in [6.45, 7) is 5.34. The van der Waals surface area contributed by atoms with Crippen molar-refractivity contribution in [2.24, 2.45) is 0 Å². The molecule has 1 fully saturated rings. The Morgan fingerprint density at radius 1 is 1.26 bits per heavy atom. The third-order valence-corrected chi connectivity index (χ3v) is 5.09. The van der Waals surface area contributed by atoms with Gasteiger partial charge in [-0.25, -0.2) is 4.79 Å². The number of aryl methyl sites for hydroxylation is 1. The molecule has 0 N–H and O–H groups in total. The average Bonchev–Trinajstić information content (AvgIpc) is 3.15. The fourth-order valence-electron chi connectivity index (χ4n) is 2.88. The maximum Gasteiger partial charge on any atom is 0.329 e. The number of ether oxygens (including phenoxy) is 1. The Kier molecular flexibility index (Phi) is 5.51. The van der Waals surface area contributed by atoms with Crippen molar-refractivity contribution < 1.29 is 19.1 Å². The maximum absolute atomic E-state index is 12.6. The van der Waals surface area contributed by atoms with Gasteiger partial charge >= 0.3 is 5.97 Å². The van der Waals surface area contributed by atoms with Gasteiger partial charge in [-0.05, 0) is 62.4 Å². The molecule has 0 bridgehead atoms. The number of hydrogen-bond acceptors (Lipinski definition) is 5. The van der Waals surface area contributed by atoms with E-state index in [0.717, 1.165) is 33.6 Å². The third-order valence-electron chi connectivity index (χ3n) is 4.20. The van der Waals surface area contributed by atoms with Crippen molar-refractivity contribution in [1.29, 1.82) is 0 Å². The molecule has 1 unspecified atom stereocenters. The van der Waals surface area contributed by atoms with Crippen LogP contribution in [0.1, 0.15) is 25.1 Å². The van der Waals surface area contributed by atoms with E-state index in [-0.39, 0.29) is 6.61 Å². The monoisotopic (exact) mass is 384 g/mol. The van der Waals surface area contributed by atoms with Gasteiger partial charge in [0, 0.05) is 17.6 Å². The molecule has 7 heteroatoms. The molecule has 140 valence electrons. The van der Waals surface area contributed by atoms with E-state index in [4.69, 9.17) is 4.74 Å². The van der Waals surface area contributed by atoms with Crippen molar-refractivity contribution >= 4 is 35.0 Å².